The van der Waals surface area contributed by atoms with Crippen molar-refractivity contribution in [2.75, 3.05) is 0 Å². The van der Waals surface area contributed by atoms with Gasteiger partial charge in [-0.25, -0.2) is 4.39 Å². The molecule has 2 rings (SSSR count). The highest BCUT2D eigenvalue weighted by Crippen LogP contribution is 2.24. The third-order valence-corrected chi connectivity index (χ3v) is 3.09. The van der Waals surface area contributed by atoms with Crippen LogP contribution in [0.4, 0.5) is 4.39 Å². The minimum absolute atomic E-state index is 0.222. The Kier molecular flexibility index (Phi) is 3.66. The maximum atomic E-state index is 13.2. The molecule has 18 heavy (non-hydrogen) atoms. The van der Waals surface area contributed by atoms with Crippen LogP contribution in [0.1, 0.15) is 22.3 Å². The monoisotopic (exact) mass is 244 g/mol. The summed E-state index contributed by atoms with van der Waals surface area (Å²) < 4.78 is 19.0. The van der Waals surface area contributed by atoms with Gasteiger partial charge in [0, 0.05) is 0 Å². The number of hydrogen-bond donors (Lipinski definition) is 0. The van der Waals surface area contributed by atoms with Crippen molar-refractivity contribution in [1.29, 1.82) is 0 Å². The number of rotatable bonds is 3. The molecule has 1 nitrogen and oxygen atoms in total. The minimum Gasteiger partial charge on any atom is -0.488 e. The van der Waals surface area contributed by atoms with Gasteiger partial charge < -0.3 is 4.74 Å². The molecule has 2 aromatic carbocycles. The Morgan fingerprint density at radius 3 is 2.28 bits per heavy atom. The summed E-state index contributed by atoms with van der Waals surface area (Å²) in [5, 5.41) is 0. The van der Waals surface area contributed by atoms with Crippen LogP contribution in [0, 0.1) is 26.6 Å². The summed E-state index contributed by atoms with van der Waals surface area (Å²) in [5.74, 6) is 0.668. The lowest BCUT2D eigenvalue weighted by Crippen LogP contribution is -2.01. The largest absolute Gasteiger partial charge is 0.488 e. The van der Waals surface area contributed by atoms with Gasteiger partial charge in [0.15, 0.2) is 0 Å². The third-order valence-electron chi connectivity index (χ3n) is 3.09. The van der Waals surface area contributed by atoms with Gasteiger partial charge in [-0.3, -0.25) is 0 Å². The van der Waals surface area contributed by atoms with E-state index in [1.165, 1.54) is 12.1 Å². The first-order valence-electron chi connectivity index (χ1n) is 6.02. The van der Waals surface area contributed by atoms with Crippen molar-refractivity contribution >= 4 is 0 Å². The molecule has 2 aromatic rings. The predicted octanol–water partition coefficient (Wildman–Crippen LogP) is 4.33. The molecule has 0 spiro atoms. The molecular weight excluding hydrogens is 227 g/mol. The first-order valence-corrected chi connectivity index (χ1v) is 6.02. The SMILES string of the molecule is Cc1ccc(F)cc1COc1c(C)cccc1C. The molecule has 94 valence electrons. The van der Waals surface area contributed by atoms with Gasteiger partial charge in [0.25, 0.3) is 0 Å². The number of ether oxygens (including phenoxy) is 1. The van der Waals surface area contributed by atoms with Gasteiger partial charge in [0.05, 0.1) is 0 Å². The van der Waals surface area contributed by atoms with E-state index >= 15 is 0 Å². The summed E-state index contributed by atoms with van der Waals surface area (Å²) in [6.07, 6.45) is 0. The summed E-state index contributed by atoms with van der Waals surface area (Å²) in [6.45, 7) is 6.39. The molecule has 0 heterocycles. The van der Waals surface area contributed by atoms with E-state index in [1.807, 2.05) is 39.0 Å². The Bertz CT molecular complexity index is 541. The summed E-state index contributed by atoms with van der Waals surface area (Å²) in [4.78, 5) is 0. The molecular formula is C16H17FO. The van der Waals surface area contributed by atoms with Gasteiger partial charge in [0.1, 0.15) is 18.2 Å². The second kappa shape index (κ2) is 5.21. The fraction of sp³-hybridized carbons (Fsp3) is 0.250. The van der Waals surface area contributed by atoms with E-state index in [9.17, 15) is 4.39 Å². The van der Waals surface area contributed by atoms with E-state index in [2.05, 4.69) is 0 Å². The summed E-state index contributed by atoms with van der Waals surface area (Å²) >= 11 is 0. The molecule has 0 fully saturated rings. The molecule has 0 aromatic heterocycles. The van der Waals surface area contributed by atoms with Crippen LogP contribution < -0.4 is 4.74 Å². The Morgan fingerprint density at radius 1 is 0.944 bits per heavy atom. The first-order chi connectivity index (χ1) is 8.58. The van der Waals surface area contributed by atoms with Crippen molar-refractivity contribution < 1.29 is 9.13 Å². The predicted molar refractivity (Wildman–Crippen MR) is 71.4 cm³/mol. The van der Waals surface area contributed by atoms with E-state index in [0.717, 1.165) is 28.0 Å². The zero-order valence-corrected chi connectivity index (χ0v) is 11.0. The smallest absolute Gasteiger partial charge is 0.125 e. The van der Waals surface area contributed by atoms with Crippen molar-refractivity contribution in [2.24, 2.45) is 0 Å². The van der Waals surface area contributed by atoms with Crippen LogP contribution in [-0.2, 0) is 6.61 Å². The van der Waals surface area contributed by atoms with E-state index < -0.39 is 0 Å². The zero-order valence-electron chi connectivity index (χ0n) is 11.0. The minimum atomic E-state index is -0.222. The van der Waals surface area contributed by atoms with E-state index in [1.54, 1.807) is 6.07 Å². The molecule has 0 saturated carbocycles. The van der Waals surface area contributed by atoms with Crippen LogP contribution in [-0.4, -0.2) is 0 Å². The van der Waals surface area contributed by atoms with Crippen LogP contribution in [0.15, 0.2) is 36.4 Å². The molecule has 0 atom stereocenters. The topological polar surface area (TPSA) is 9.23 Å². The maximum Gasteiger partial charge on any atom is 0.125 e. The fourth-order valence-electron chi connectivity index (χ4n) is 1.97. The molecule has 0 unspecified atom stereocenters. The van der Waals surface area contributed by atoms with E-state index in [0.29, 0.717) is 6.61 Å². The zero-order chi connectivity index (χ0) is 13.1. The Morgan fingerprint density at radius 2 is 1.61 bits per heavy atom. The lowest BCUT2D eigenvalue weighted by Gasteiger charge is -2.13. The van der Waals surface area contributed by atoms with Crippen LogP contribution >= 0.6 is 0 Å². The van der Waals surface area contributed by atoms with Gasteiger partial charge >= 0.3 is 0 Å². The molecule has 0 radical (unpaired) electrons. The van der Waals surface area contributed by atoms with E-state index in [4.69, 9.17) is 4.74 Å². The molecule has 0 aliphatic carbocycles. The van der Waals surface area contributed by atoms with Crippen molar-refractivity contribution in [2.45, 2.75) is 27.4 Å². The van der Waals surface area contributed by atoms with E-state index in [-0.39, 0.29) is 5.82 Å². The van der Waals surface area contributed by atoms with Crippen LogP contribution in [0.5, 0.6) is 5.75 Å². The molecule has 0 aliphatic heterocycles. The standard InChI is InChI=1S/C16H17FO/c1-11-7-8-15(17)9-14(11)10-18-16-12(2)5-4-6-13(16)3/h4-9H,10H2,1-3H3. The highest BCUT2D eigenvalue weighted by molar-refractivity contribution is 5.40. The number of para-hydroxylation sites is 1. The van der Waals surface area contributed by atoms with Gasteiger partial charge in [-0.1, -0.05) is 24.3 Å². The Labute approximate surface area is 107 Å². The maximum absolute atomic E-state index is 13.2. The molecule has 0 N–H and O–H groups in total. The third kappa shape index (κ3) is 2.70. The van der Waals surface area contributed by atoms with Gasteiger partial charge in [-0.15, -0.1) is 0 Å². The number of benzene rings is 2. The lowest BCUT2D eigenvalue weighted by atomic mass is 10.1. The molecule has 0 bridgehead atoms. The number of halogens is 1. The molecule has 2 heteroatoms. The van der Waals surface area contributed by atoms with Crippen LogP contribution in [0.2, 0.25) is 0 Å². The normalized spacial score (nSPS) is 10.4. The first kappa shape index (κ1) is 12.6. The second-order valence-corrected chi connectivity index (χ2v) is 4.58. The average Bonchev–Trinajstić information content (AvgIpc) is 2.33. The average molecular weight is 244 g/mol. The second-order valence-electron chi connectivity index (χ2n) is 4.58. The number of hydrogen-bond acceptors (Lipinski definition) is 1. The van der Waals surface area contributed by atoms with Crippen molar-refractivity contribution in [3.63, 3.8) is 0 Å². The Balaban J connectivity index is 2.19. The van der Waals surface area contributed by atoms with Gasteiger partial charge in [0.2, 0.25) is 0 Å². The highest BCUT2D eigenvalue weighted by atomic mass is 19.1. The quantitative estimate of drug-likeness (QED) is 0.780. The van der Waals surface area contributed by atoms with Gasteiger partial charge in [-0.2, -0.15) is 0 Å². The number of aryl methyl sites for hydroxylation is 3. The summed E-state index contributed by atoms with van der Waals surface area (Å²) in [6, 6.07) is 10.8. The Hall–Kier alpha value is -1.83. The van der Waals surface area contributed by atoms with Crippen molar-refractivity contribution in [1.82, 2.24) is 0 Å². The molecule has 0 amide bonds. The lowest BCUT2D eigenvalue weighted by molar-refractivity contribution is 0.300. The van der Waals surface area contributed by atoms with Crippen LogP contribution in [0.25, 0.3) is 0 Å². The van der Waals surface area contributed by atoms with Crippen molar-refractivity contribution in [3.05, 3.63) is 64.5 Å². The molecule has 0 aliphatic rings. The summed E-state index contributed by atoms with van der Waals surface area (Å²) in [5.41, 5.74) is 4.13. The summed E-state index contributed by atoms with van der Waals surface area (Å²) in [7, 11) is 0. The molecule has 0 saturated heterocycles. The fourth-order valence-corrected chi connectivity index (χ4v) is 1.97. The van der Waals surface area contributed by atoms with Gasteiger partial charge in [-0.05, 0) is 55.2 Å². The van der Waals surface area contributed by atoms with Crippen LogP contribution in [0.3, 0.4) is 0 Å². The highest BCUT2D eigenvalue weighted by Gasteiger charge is 2.05. The van der Waals surface area contributed by atoms with Crippen molar-refractivity contribution in [3.8, 4) is 5.75 Å².